The van der Waals surface area contributed by atoms with Gasteiger partial charge in [-0.15, -0.1) is 5.10 Å². The summed E-state index contributed by atoms with van der Waals surface area (Å²) in [6.07, 6.45) is 10.7. The molecular weight excluding hydrogens is 490 g/mol. The molecule has 0 bridgehead atoms. The van der Waals surface area contributed by atoms with Crippen LogP contribution in [-0.4, -0.2) is 40.5 Å². The summed E-state index contributed by atoms with van der Waals surface area (Å²) in [4.78, 5) is 31.3. The molecule has 9 heteroatoms. The fourth-order valence-corrected chi connectivity index (χ4v) is 6.02. The zero-order valence-electron chi connectivity index (χ0n) is 23.0. The molecular formula is C30H37N7O2. The van der Waals surface area contributed by atoms with Gasteiger partial charge in [-0.25, -0.2) is 9.89 Å². The molecule has 4 aromatic rings. The predicted molar refractivity (Wildman–Crippen MR) is 150 cm³/mol. The van der Waals surface area contributed by atoms with Gasteiger partial charge >= 0.3 is 5.69 Å². The van der Waals surface area contributed by atoms with Gasteiger partial charge in [0.25, 0.3) is 0 Å². The normalized spacial score (nSPS) is 19.6. The first kappa shape index (κ1) is 26.7. The molecule has 39 heavy (non-hydrogen) atoms. The summed E-state index contributed by atoms with van der Waals surface area (Å²) in [5.41, 5.74) is 4.59. The summed E-state index contributed by atoms with van der Waals surface area (Å²) in [5.74, 6) is 0.931. The Morgan fingerprint density at radius 2 is 1.90 bits per heavy atom. The number of aromatic amines is 1. The zero-order chi connectivity index (χ0) is 27.4. The first-order chi connectivity index (χ1) is 19.0. The number of hydrogen-bond acceptors (Lipinski definition) is 6. The lowest BCUT2D eigenvalue weighted by atomic mass is 9.85. The van der Waals surface area contributed by atoms with Gasteiger partial charge in [-0.2, -0.15) is 0 Å². The van der Waals surface area contributed by atoms with E-state index in [0.717, 1.165) is 73.0 Å². The smallest absolute Gasteiger partial charge is 0.300 e. The summed E-state index contributed by atoms with van der Waals surface area (Å²) in [7, 11) is 0. The van der Waals surface area contributed by atoms with E-state index >= 15 is 0 Å². The molecule has 0 aliphatic heterocycles. The molecule has 9 nitrogen and oxygen atoms in total. The number of ketones is 1. The maximum absolute atomic E-state index is 13.9. The van der Waals surface area contributed by atoms with E-state index in [2.05, 4.69) is 34.5 Å². The second kappa shape index (κ2) is 11.9. The van der Waals surface area contributed by atoms with Crippen LogP contribution in [0.1, 0.15) is 76.7 Å². The van der Waals surface area contributed by atoms with E-state index in [4.69, 9.17) is 4.98 Å². The van der Waals surface area contributed by atoms with Crippen molar-refractivity contribution in [2.45, 2.75) is 78.3 Å². The van der Waals surface area contributed by atoms with Gasteiger partial charge in [-0.05, 0) is 60.6 Å². The third-order valence-electron chi connectivity index (χ3n) is 8.12. The maximum Gasteiger partial charge on any atom is 0.328 e. The number of aryl methyl sites for hydroxylation is 1. The molecule has 204 valence electrons. The predicted octanol–water partition coefficient (Wildman–Crippen LogP) is 5.24. The lowest BCUT2D eigenvalue weighted by molar-refractivity contribution is -0.122. The van der Waals surface area contributed by atoms with Crippen LogP contribution in [0.3, 0.4) is 0 Å². The third-order valence-corrected chi connectivity index (χ3v) is 8.12. The highest BCUT2D eigenvalue weighted by Crippen LogP contribution is 2.37. The largest absolute Gasteiger partial charge is 0.328 e. The van der Waals surface area contributed by atoms with E-state index in [9.17, 15) is 9.59 Å². The number of nitrogens with zero attached hydrogens (tertiary/aromatic N) is 6. The number of H-pyrrole nitrogens is 1. The Labute approximate surface area is 228 Å². The quantitative estimate of drug-likeness (QED) is 0.298. The van der Waals surface area contributed by atoms with Gasteiger partial charge in [0.05, 0.1) is 18.3 Å². The van der Waals surface area contributed by atoms with Crippen molar-refractivity contribution in [1.82, 2.24) is 34.7 Å². The third kappa shape index (κ3) is 5.62. The minimum Gasteiger partial charge on any atom is -0.300 e. The number of carbonyl (C=O) groups is 1. The van der Waals surface area contributed by atoms with Crippen LogP contribution in [0.2, 0.25) is 0 Å². The molecule has 0 radical (unpaired) electrons. The lowest BCUT2D eigenvalue weighted by Gasteiger charge is -2.28. The standard InChI is InChI=1S/C30H37N7O2/c1-4-5-11-24-19-37(28-20(2)10-6-7-12-25(28)21(3)38)30(39)36(24)18-23-16-15-22(17-31-23)26-13-8-9-14-27(26)29-32-34-35-33-29/h8-9,13-17,19-20,25,28H,4-7,10-12,18H2,1-3H3,(H,32,33,34,35). The van der Waals surface area contributed by atoms with Crippen LogP contribution in [0.25, 0.3) is 22.5 Å². The van der Waals surface area contributed by atoms with Gasteiger partial charge < -0.3 is 0 Å². The van der Waals surface area contributed by atoms with E-state index in [1.54, 1.807) is 6.92 Å². The number of rotatable bonds is 9. The molecule has 0 amide bonds. The topological polar surface area (TPSA) is 111 Å². The fourth-order valence-electron chi connectivity index (χ4n) is 6.02. The van der Waals surface area contributed by atoms with Crippen LogP contribution >= 0.6 is 0 Å². The monoisotopic (exact) mass is 527 g/mol. The van der Waals surface area contributed by atoms with E-state index in [1.165, 1.54) is 0 Å². The number of unbranched alkanes of at least 4 members (excludes halogenated alkanes) is 1. The van der Waals surface area contributed by atoms with Gasteiger partial charge in [-0.3, -0.25) is 18.9 Å². The molecule has 3 atom stereocenters. The van der Waals surface area contributed by atoms with Gasteiger partial charge in [0, 0.05) is 35.1 Å². The van der Waals surface area contributed by atoms with E-state index < -0.39 is 0 Å². The molecule has 5 rings (SSSR count). The number of benzene rings is 1. The molecule has 0 spiro atoms. The number of hydrogen-bond donors (Lipinski definition) is 1. The van der Waals surface area contributed by atoms with Gasteiger partial charge in [-0.1, -0.05) is 63.4 Å². The van der Waals surface area contributed by atoms with Crippen molar-refractivity contribution in [3.63, 3.8) is 0 Å². The molecule has 3 aromatic heterocycles. The van der Waals surface area contributed by atoms with Gasteiger partial charge in [0.2, 0.25) is 0 Å². The van der Waals surface area contributed by atoms with Crippen molar-refractivity contribution in [3.8, 4) is 22.5 Å². The van der Waals surface area contributed by atoms with Gasteiger partial charge in [0.1, 0.15) is 5.78 Å². The highest BCUT2D eigenvalue weighted by Gasteiger charge is 2.35. The second-order valence-corrected chi connectivity index (χ2v) is 10.8. The van der Waals surface area contributed by atoms with Crippen molar-refractivity contribution in [1.29, 1.82) is 0 Å². The fraction of sp³-hybridized carbons (Fsp3) is 0.467. The summed E-state index contributed by atoms with van der Waals surface area (Å²) in [5, 5.41) is 14.3. The molecule has 3 unspecified atom stereocenters. The van der Waals surface area contributed by atoms with Crippen molar-refractivity contribution in [2.24, 2.45) is 11.8 Å². The Morgan fingerprint density at radius 1 is 1.10 bits per heavy atom. The van der Waals surface area contributed by atoms with Crippen LogP contribution in [0.15, 0.2) is 53.6 Å². The first-order valence-corrected chi connectivity index (χ1v) is 14.1. The lowest BCUT2D eigenvalue weighted by Crippen LogP contribution is -2.36. The molecule has 1 N–H and O–H groups in total. The number of nitrogens with one attached hydrogen (secondary N) is 1. The van der Waals surface area contributed by atoms with Crippen molar-refractivity contribution in [2.75, 3.05) is 0 Å². The van der Waals surface area contributed by atoms with Crippen LogP contribution in [0.5, 0.6) is 0 Å². The summed E-state index contributed by atoms with van der Waals surface area (Å²) in [6.45, 7) is 6.42. The average Bonchev–Trinajstić information content (AvgIpc) is 3.53. The number of tetrazole rings is 1. The Hall–Kier alpha value is -3.88. The molecule has 1 aromatic carbocycles. The minimum atomic E-state index is -0.118. The van der Waals surface area contributed by atoms with Crippen molar-refractivity contribution < 1.29 is 4.79 Å². The highest BCUT2D eigenvalue weighted by molar-refractivity contribution is 5.80. The van der Waals surface area contributed by atoms with Crippen LogP contribution in [0.4, 0.5) is 0 Å². The second-order valence-electron chi connectivity index (χ2n) is 10.8. The Balaban J connectivity index is 1.47. The number of carbonyl (C=O) groups excluding carboxylic acids is 1. The zero-order valence-corrected chi connectivity index (χ0v) is 23.0. The summed E-state index contributed by atoms with van der Waals surface area (Å²) in [6, 6.07) is 11.8. The SMILES string of the molecule is CCCCc1cn(C2C(C)CCCCC2C(C)=O)c(=O)n1Cc1ccc(-c2ccccc2-c2nnn[nH]2)cn1. The Morgan fingerprint density at radius 3 is 2.59 bits per heavy atom. The van der Waals surface area contributed by atoms with Crippen molar-refractivity contribution in [3.05, 3.63) is 70.7 Å². The minimum absolute atomic E-state index is 0.0415. The number of Topliss-reactive ketones (excluding diaryl/α,β-unsaturated/α-hetero) is 1. The van der Waals surface area contributed by atoms with Crippen molar-refractivity contribution >= 4 is 5.78 Å². The maximum atomic E-state index is 13.9. The van der Waals surface area contributed by atoms with Crippen LogP contribution in [0, 0.1) is 11.8 Å². The number of aromatic nitrogens is 7. The molecule has 3 heterocycles. The Bertz CT molecular complexity index is 1450. The van der Waals surface area contributed by atoms with E-state index in [0.29, 0.717) is 12.4 Å². The first-order valence-electron chi connectivity index (χ1n) is 14.1. The van der Waals surface area contributed by atoms with E-state index in [1.807, 2.05) is 57.9 Å². The van der Waals surface area contributed by atoms with E-state index in [-0.39, 0.29) is 29.4 Å². The molecule has 1 aliphatic carbocycles. The molecule has 1 saturated carbocycles. The van der Waals surface area contributed by atoms with Crippen LogP contribution < -0.4 is 5.69 Å². The summed E-state index contributed by atoms with van der Waals surface area (Å²) < 4.78 is 3.74. The number of pyridine rings is 1. The molecule has 0 saturated heterocycles. The molecule has 1 fully saturated rings. The average molecular weight is 528 g/mol. The van der Waals surface area contributed by atoms with Gasteiger partial charge in [0.15, 0.2) is 5.82 Å². The van der Waals surface area contributed by atoms with Crippen LogP contribution in [-0.2, 0) is 17.8 Å². The highest BCUT2D eigenvalue weighted by atomic mass is 16.2. The number of imidazole rings is 1. The Kier molecular flexibility index (Phi) is 8.14. The summed E-state index contributed by atoms with van der Waals surface area (Å²) >= 11 is 0. The molecule has 1 aliphatic rings.